The summed E-state index contributed by atoms with van der Waals surface area (Å²) in [7, 11) is 0. The molecule has 1 N–H and O–H groups in total. The first-order chi connectivity index (χ1) is 5.77. The monoisotopic (exact) mass is 167 g/mol. The molecule has 1 heterocycles. The summed E-state index contributed by atoms with van der Waals surface area (Å²) in [5.74, 6) is 0.255. The number of phenolic OH excluding ortho intramolecular Hbond substituents is 1. The van der Waals surface area contributed by atoms with E-state index >= 15 is 0 Å². The van der Waals surface area contributed by atoms with Crippen molar-refractivity contribution in [2.45, 2.75) is 6.92 Å². The van der Waals surface area contributed by atoms with Crippen molar-refractivity contribution in [1.29, 1.82) is 0 Å². The fourth-order valence-corrected chi connectivity index (χ4v) is 1.32. The molecule has 0 amide bonds. The molecule has 0 unspecified atom stereocenters. The molecule has 0 aliphatic carbocycles. The van der Waals surface area contributed by atoms with Gasteiger partial charge in [-0.1, -0.05) is 6.07 Å². The van der Waals surface area contributed by atoms with Crippen molar-refractivity contribution in [3.05, 3.63) is 36.0 Å². The number of nitrogens with zero attached hydrogens (tertiary/aromatic N) is 1. The zero-order valence-electron chi connectivity index (χ0n) is 6.78. The van der Waals surface area contributed by atoms with Crippen LogP contribution in [0.15, 0.2) is 30.5 Å². The summed E-state index contributed by atoms with van der Waals surface area (Å²) in [5.41, 5.74) is 1.72. The summed E-state index contributed by atoms with van der Waals surface area (Å²) >= 11 is 0. The van der Waals surface area contributed by atoms with Gasteiger partial charge in [0.25, 0.3) is 0 Å². The first-order valence-electron chi connectivity index (χ1n) is 3.82. The van der Waals surface area contributed by atoms with E-state index in [4.69, 9.17) is 0 Å². The van der Waals surface area contributed by atoms with Gasteiger partial charge in [0.2, 0.25) is 0 Å². The Kier molecular flexibility index (Phi) is 2.97. The Hall–Kier alpha value is -0.973. The molecule has 2 rings (SSSR count). The zero-order chi connectivity index (χ0) is 8.55. The van der Waals surface area contributed by atoms with Crippen molar-refractivity contribution in [3.8, 4) is 5.75 Å². The Morgan fingerprint density at radius 1 is 1.31 bits per heavy atom. The molecule has 2 aromatic rings. The van der Waals surface area contributed by atoms with Crippen LogP contribution in [0.5, 0.6) is 5.75 Å². The van der Waals surface area contributed by atoms with Gasteiger partial charge in [-0.25, -0.2) is 0 Å². The van der Waals surface area contributed by atoms with Gasteiger partial charge in [0.15, 0.2) is 0 Å². The van der Waals surface area contributed by atoms with E-state index in [0.29, 0.717) is 5.52 Å². The molecule has 0 radical (unpaired) electrons. The molecule has 13 heavy (non-hydrogen) atoms. The fourth-order valence-electron chi connectivity index (χ4n) is 1.32. The van der Waals surface area contributed by atoms with Crippen molar-refractivity contribution in [2.75, 3.05) is 0 Å². The van der Waals surface area contributed by atoms with E-state index in [1.165, 1.54) is 0 Å². The van der Waals surface area contributed by atoms with Gasteiger partial charge in [0, 0.05) is 11.6 Å². The van der Waals surface area contributed by atoms with Crippen LogP contribution in [0.4, 0.5) is 0 Å². The second-order valence-corrected chi connectivity index (χ2v) is 2.86. The molecule has 3 heteroatoms. The molecule has 0 aliphatic rings. The number of pyridine rings is 1. The summed E-state index contributed by atoms with van der Waals surface area (Å²) in [6.45, 7) is 1.95. The second-order valence-electron chi connectivity index (χ2n) is 2.86. The summed E-state index contributed by atoms with van der Waals surface area (Å²) in [4.78, 5) is 4.07. The number of hydrogen-bond donors (Lipinski definition) is 1. The summed E-state index contributed by atoms with van der Waals surface area (Å²) < 4.78 is 0. The number of aromatic nitrogens is 1. The number of aromatic hydroxyl groups is 1. The molecular formula is C10H10LiNO. The second kappa shape index (κ2) is 3.82. The van der Waals surface area contributed by atoms with Crippen molar-refractivity contribution in [2.24, 2.45) is 0 Å². The van der Waals surface area contributed by atoms with Gasteiger partial charge in [0.05, 0.1) is 0 Å². The predicted molar refractivity (Wildman–Crippen MR) is 55.3 cm³/mol. The first-order valence-corrected chi connectivity index (χ1v) is 3.82. The molecule has 1 aromatic carbocycles. The van der Waals surface area contributed by atoms with Gasteiger partial charge in [-0.15, -0.1) is 0 Å². The van der Waals surface area contributed by atoms with Crippen LogP contribution in [0.3, 0.4) is 0 Å². The molecule has 0 bridgehead atoms. The van der Waals surface area contributed by atoms with Crippen LogP contribution < -0.4 is 0 Å². The Bertz CT molecular complexity index is 428. The Labute approximate surface area is 88.8 Å². The van der Waals surface area contributed by atoms with Crippen LogP contribution in [0.2, 0.25) is 0 Å². The van der Waals surface area contributed by atoms with Crippen LogP contribution >= 0.6 is 0 Å². The van der Waals surface area contributed by atoms with E-state index in [1.807, 2.05) is 25.1 Å². The molecule has 0 fully saturated rings. The van der Waals surface area contributed by atoms with Gasteiger partial charge in [0.1, 0.15) is 11.3 Å². The normalized spacial score (nSPS) is 9.62. The van der Waals surface area contributed by atoms with Crippen molar-refractivity contribution >= 4 is 29.8 Å². The van der Waals surface area contributed by atoms with E-state index in [2.05, 4.69) is 4.98 Å². The topological polar surface area (TPSA) is 33.1 Å². The third-order valence-electron chi connectivity index (χ3n) is 1.83. The van der Waals surface area contributed by atoms with E-state index < -0.39 is 0 Å². The van der Waals surface area contributed by atoms with Crippen molar-refractivity contribution in [1.82, 2.24) is 4.98 Å². The minimum atomic E-state index is 0. The number of fused-ring (bicyclic) bond motifs is 1. The van der Waals surface area contributed by atoms with Gasteiger partial charge < -0.3 is 5.11 Å². The van der Waals surface area contributed by atoms with Crippen molar-refractivity contribution < 1.29 is 5.11 Å². The molecule has 2 nitrogen and oxygen atoms in total. The van der Waals surface area contributed by atoms with Gasteiger partial charge in [-0.05, 0) is 30.7 Å². The van der Waals surface area contributed by atoms with E-state index in [1.54, 1.807) is 12.3 Å². The number of phenols is 1. The number of benzene rings is 1. The van der Waals surface area contributed by atoms with Crippen LogP contribution in [0.1, 0.15) is 5.56 Å². The first kappa shape index (κ1) is 10.1. The Morgan fingerprint density at radius 2 is 2.08 bits per heavy atom. The molecule has 0 atom stereocenters. The average molecular weight is 167 g/mol. The van der Waals surface area contributed by atoms with E-state index in [9.17, 15) is 5.11 Å². The SMILES string of the molecule is Cc1cc(O)c2ncccc2c1.[LiH]. The molecule has 0 aliphatic heterocycles. The number of rotatable bonds is 0. The molecule has 62 valence electrons. The van der Waals surface area contributed by atoms with Crippen LogP contribution in [-0.2, 0) is 0 Å². The van der Waals surface area contributed by atoms with E-state index in [-0.39, 0.29) is 24.6 Å². The van der Waals surface area contributed by atoms with Gasteiger partial charge in [-0.3, -0.25) is 4.98 Å². The molecule has 0 saturated carbocycles. The van der Waals surface area contributed by atoms with Crippen LogP contribution in [0.25, 0.3) is 10.9 Å². The molecule has 1 aromatic heterocycles. The Morgan fingerprint density at radius 3 is 2.85 bits per heavy atom. The average Bonchev–Trinajstić information content (AvgIpc) is 2.04. The van der Waals surface area contributed by atoms with Crippen molar-refractivity contribution in [3.63, 3.8) is 0 Å². The summed E-state index contributed by atoms with van der Waals surface area (Å²) in [6.07, 6.45) is 1.68. The summed E-state index contributed by atoms with van der Waals surface area (Å²) in [5, 5.41) is 10.5. The predicted octanol–water partition coefficient (Wildman–Crippen LogP) is 1.60. The maximum absolute atomic E-state index is 9.49. The van der Waals surface area contributed by atoms with Gasteiger partial charge >= 0.3 is 18.9 Å². The van der Waals surface area contributed by atoms with E-state index in [0.717, 1.165) is 10.9 Å². The molecule has 0 saturated heterocycles. The zero-order valence-corrected chi connectivity index (χ0v) is 6.78. The molecular weight excluding hydrogens is 157 g/mol. The number of aryl methyl sites for hydroxylation is 1. The standard InChI is InChI=1S/C10H9NO.Li.H/c1-7-5-8-3-2-4-11-10(8)9(12)6-7;;/h2-6,12H,1H3;;. The van der Waals surface area contributed by atoms with Crippen LogP contribution in [-0.4, -0.2) is 29.0 Å². The Balaban J connectivity index is 0.000000845. The maximum atomic E-state index is 9.49. The van der Waals surface area contributed by atoms with Crippen LogP contribution in [0, 0.1) is 6.92 Å². The third kappa shape index (κ3) is 1.85. The number of hydrogen-bond acceptors (Lipinski definition) is 2. The fraction of sp³-hybridized carbons (Fsp3) is 0.100. The third-order valence-corrected chi connectivity index (χ3v) is 1.83. The molecule has 0 spiro atoms. The minimum absolute atomic E-state index is 0. The summed E-state index contributed by atoms with van der Waals surface area (Å²) in [6, 6.07) is 7.52. The quantitative estimate of drug-likeness (QED) is 0.604. The van der Waals surface area contributed by atoms with Gasteiger partial charge in [-0.2, -0.15) is 0 Å².